The maximum atomic E-state index is 3.93. The van der Waals surface area contributed by atoms with Crippen LogP contribution < -0.4 is 0 Å². The van der Waals surface area contributed by atoms with E-state index in [0.717, 1.165) is 0 Å². The molecule has 0 aromatic carbocycles. The molecule has 0 atom stereocenters. The van der Waals surface area contributed by atoms with E-state index < -0.39 is 0 Å². The second-order valence-electron chi connectivity index (χ2n) is 2.11. The molecule has 0 amide bonds. The first kappa shape index (κ1) is 10.2. The minimum atomic E-state index is 1.17. The lowest BCUT2D eigenvalue weighted by Crippen LogP contribution is -1.80. The maximum Gasteiger partial charge on any atom is 0.0270 e. The van der Waals surface area contributed by atoms with Crippen LogP contribution in [0.1, 0.15) is 32.8 Å². The monoisotopic (exact) mass is 151 g/mol. The second-order valence-corrected chi connectivity index (χ2v) is 2.11. The van der Waals surface area contributed by atoms with Crippen molar-refractivity contribution in [3.8, 4) is 0 Å². The van der Waals surface area contributed by atoms with Crippen LogP contribution in [0.25, 0.3) is 0 Å². The highest BCUT2D eigenvalue weighted by atomic mass is 14.6. The quantitative estimate of drug-likeness (QED) is 0.633. The predicted molar refractivity (Wildman–Crippen MR) is 49.6 cm³/mol. The molecule has 0 unspecified atom stereocenters. The molecule has 11 heavy (non-hydrogen) atoms. The molecule has 1 nitrogen and oxygen atoms in total. The van der Waals surface area contributed by atoms with Crippen LogP contribution in [0.2, 0.25) is 0 Å². The summed E-state index contributed by atoms with van der Waals surface area (Å²) in [6, 6.07) is 4.12. The highest BCUT2D eigenvalue weighted by Crippen LogP contribution is 1.98. The largest absolute Gasteiger partial charge is 0.265 e. The van der Waals surface area contributed by atoms with Gasteiger partial charge in [0, 0.05) is 12.4 Å². The summed E-state index contributed by atoms with van der Waals surface area (Å²) in [5, 5.41) is 0. The van der Waals surface area contributed by atoms with Crippen molar-refractivity contribution in [3.05, 3.63) is 30.1 Å². The summed E-state index contributed by atoms with van der Waals surface area (Å²) in [6.07, 6.45) is 6.06. The number of nitrogens with zero attached hydrogens (tertiary/aromatic N) is 1. The van der Waals surface area contributed by atoms with E-state index in [-0.39, 0.29) is 0 Å². The fraction of sp³-hybridized carbons (Fsp3) is 0.500. The summed E-state index contributed by atoms with van der Waals surface area (Å²) in [5.41, 5.74) is 1.38. The van der Waals surface area contributed by atoms with E-state index in [9.17, 15) is 0 Å². The Morgan fingerprint density at radius 1 is 1.18 bits per heavy atom. The Morgan fingerprint density at radius 2 is 1.73 bits per heavy atom. The smallest absolute Gasteiger partial charge is 0.0270 e. The zero-order chi connectivity index (χ0) is 8.53. The normalized spacial score (nSPS) is 8.27. The van der Waals surface area contributed by atoms with Crippen molar-refractivity contribution >= 4 is 0 Å². The number of rotatable bonds is 2. The van der Waals surface area contributed by atoms with Gasteiger partial charge in [0.05, 0.1) is 0 Å². The first-order chi connectivity index (χ1) is 5.43. The SMILES string of the molecule is CC.CCCc1ccncc1. The van der Waals surface area contributed by atoms with E-state index in [4.69, 9.17) is 0 Å². The van der Waals surface area contributed by atoms with Gasteiger partial charge in [-0.3, -0.25) is 4.98 Å². The van der Waals surface area contributed by atoms with Crippen molar-refractivity contribution in [1.29, 1.82) is 0 Å². The maximum absolute atomic E-state index is 3.93. The van der Waals surface area contributed by atoms with Crippen molar-refractivity contribution in [1.82, 2.24) is 4.98 Å². The van der Waals surface area contributed by atoms with E-state index >= 15 is 0 Å². The van der Waals surface area contributed by atoms with Crippen LogP contribution >= 0.6 is 0 Å². The highest BCUT2D eigenvalue weighted by molar-refractivity contribution is 5.09. The van der Waals surface area contributed by atoms with Crippen LogP contribution in [0, 0.1) is 0 Å². The molecule has 0 saturated carbocycles. The van der Waals surface area contributed by atoms with Crippen molar-refractivity contribution in [2.24, 2.45) is 0 Å². The molecule has 1 heteroatoms. The molecule has 0 fully saturated rings. The van der Waals surface area contributed by atoms with Crippen LogP contribution in [-0.4, -0.2) is 4.98 Å². The van der Waals surface area contributed by atoms with E-state index in [2.05, 4.69) is 24.0 Å². The van der Waals surface area contributed by atoms with Gasteiger partial charge in [0.2, 0.25) is 0 Å². The molecule has 0 radical (unpaired) electrons. The summed E-state index contributed by atoms with van der Waals surface area (Å²) in [4.78, 5) is 3.93. The van der Waals surface area contributed by atoms with Gasteiger partial charge in [0.25, 0.3) is 0 Å². The zero-order valence-corrected chi connectivity index (χ0v) is 7.67. The first-order valence-electron chi connectivity index (χ1n) is 4.32. The van der Waals surface area contributed by atoms with E-state index in [1.165, 1.54) is 18.4 Å². The average molecular weight is 151 g/mol. The highest BCUT2D eigenvalue weighted by Gasteiger charge is 1.85. The fourth-order valence-electron chi connectivity index (χ4n) is 0.838. The topological polar surface area (TPSA) is 12.9 Å². The summed E-state index contributed by atoms with van der Waals surface area (Å²) >= 11 is 0. The molecule has 1 aromatic rings. The fourth-order valence-corrected chi connectivity index (χ4v) is 0.838. The Hall–Kier alpha value is -0.850. The standard InChI is InChI=1S/C8H11N.C2H6/c1-2-3-8-4-6-9-7-5-8;1-2/h4-7H,2-3H2,1H3;1-2H3. The van der Waals surface area contributed by atoms with E-state index in [1.54, 1.807) is 0 Å². The van der Waals surface area contributed by atoms with Crippen molar-refractivity contribution in [2.45, 2.75) is 33.6 Å². The molecular formula is C10H17N. The zero-order valence-electron chi connectivity index (χ0n) is 7.67. The first-order valence-corrected chi connectivity index (χ1v) is 4.32. The Balaban J connectivity index is 0.000000461. The molecule has 1 rings (SSSR count). The third kappa shape index (κ3) is 4.54. The molecule has 1 heterocycles. The van der Waals surface area contributed by atoms with Gasteiger partial charge in [-0.2, -0.15) is 0 Å². The molecule has 0 aliphatic rings. The van der Waals surface area contributed by atoms with Gasteiger partial charge < -0.3 is 0 Å². The molecule has 1 aromatic heterocycles. The number of hydrogen-bond acceptors (Lipinski definition) is 1. The van der Waals surface area contributed by atoms with Crippen LogP contribution in [0.15, 0.2) is 24.5 Å². The lowest BCUT2D eigenvalue weighted by atomic mass is 10.2. The molecule has 62 valence electrons. The minimum absolute atomic E-state index is 1.17. The van der Waals surface area contributed by atoms with Gasteiger partial charge in [-0.25, -0.2) is 0 Å². The van der Waals surface area contributed by atoms with Crippen LogP contribution in [0.4, 0.5) is 0 Å². The summed E-state index contributed by atoms with van der Waals surface area (Å²) in [5.74, 6) is 0. The van der Waals surface area contributed by atoms with Gasteiger partial charge in [-0.15, -0.1) is 0 Å². The minimum Gasteiger partial charge on any atom is -0.265 e. The van der Waals surface area contributed by atoms with Crippen molar-refractivity contribution < 1.29 is 0 Å². The molecule has 0 aliphatic carbocycles. The lowest BCUT2D eigenvalue weighted by molar-refractivity contribution is 0.918. The third-order valence-corrected chi connectivity index (χ3v) is 1.29. The predicted octanol–water partition coefficient (Wildman–Crippen LogP) is 3.06. The van der Waals surface area contributed by atoms with Gasteiger partial charge in [-0.05, 0) is 24.1 Å². The Bertz CT molecular complexity index is 158. The summed E-state index contributed by atoms with van der Waals surface area (Å²) in [6.45, 7) is 6.18. The summed E-state index contributed by atoms with van der Waals surface area (Å²) < 4.78 is 0. The Labute approximate surface area is 69.5 Å². The Morgan fingerprint density at radius 3 is 2.18 bits per heavy atom. The molecule has 0 spiro atoms. The molecule has 0 bridgehead atoms. The molecule has 0 N–H and O–H groups in total. The van der Waals surface area contributed by atoms with E-state index in [0.29, 0.717) is 0 Å². The van der Waals surface area contributed by atoms with E-state index in [1.807, 2.05) is 26.2 Å². The molecular weight excluding hydrogens is 134 g/mol. The lowest BCUT2D eigenvalue weighted by Gasteiger charge is -1.93. The molecule has 0 aliphatic heterocycles. The van der Waals surface area contributed by atoms with Crippen molar-refractivity contribution in [2.75, 3.05) is 0 Å². The third-order valence-electron chi connectivity index (χ3n) is 1.29. The summed E-state index contributed by atoms with van der Waals surface area (Å²) in [7, 11) is 0. The van der Waals surface area contributed by atoms with Gasteiger partial charge in [-0.1, -0.05) is 27.2 Å². The van der Waals surface area contributed by atoms with Gasteiger partial charge in [0.15, 0.2) is 0 Å². The molecule has 0 saturated heterocycles. The second kappa shape index (κ2) is 7.26. The average Bonchev–Trinajstić information content (AvgIpc) is 2.11. The number of aromatic nitrogens is 1. The van der Waals surface area contributed by atoms with Crippen LogP contribution in [-0.2, 0) is 6.42 Å². The Kier molecular flexibility index (Phi) is 6.70. The number of pyridine rings is 1. The van der Waals surface area contributed by atoms with Gasteiger partial charge >= 0.3 is 0 Å². The number of hydrogen-bond donors (Lipinski definition) is 0. The van der Waals surface area contributed by atoms with Crippen LogP contribution in [0.3, 0.4) is 0 Å². The number of aryl methyl sites for hydroxylation is 1. The van der Waals surface area contributed by atoms with Gasteiger partial charge in [0.1, 0.15) is 0 Å². The van der Waals surface area contributed by atoms with Crippen LogP contribution in [0.5, 0.6) is 0 Å². The van der Waals surface area contributed by atoms with Crippen molar-refractivity contribution in [3.63, 3.8) is 0 Å².